The average Bonchev–Trinajstić information content (AvgIpc) is 2.67. The van der Waals surface area contributed by atoms with E-state index in [1.54, 1.807) is 12.1 Å². The standard InChI is InChI=1S/C19H19NO8S/c1-4-27-15-8-5-13(6-9-15)18(21)12(2)28-19(22)14-7-10-17(29(3,25)26)16(11-14)20(23)24/h5-12H,4H2,1-3H3/t12-/m1/s1. The van der Waals surface area contributed by atoms with Gasteiger partial charge in [0, 0.05) is 17.9 Å². The Kier molecular flexibility index (Phi) is 6.70. The molecule has 0 aliphatic heterocycles. The average molecular weight is 421 g/mol. The summed E-state index contributed by atoms with van der Waals surface area (Å²) >= 11 is 0. The fourth-order valence-corrected chi connectivity index (χ4v) is 3.33. The number of ketones is 1. The number of rotatable bonds is 8. The number of hydrogen-bond acceptors (Lipinski definition) is 8. The van der Waals surface area contributed by atoms with Gasteiger partial charge in [-0.15, -0.1) is 0 Å². The van der Waals surface area contributed by atoms with E-state index in [1.165, 1.54) is 19.1 Å². The molecule has 0 heterocycles. The number of Topliss-reactive ketones (excluding diaryl/α,β-unsaturated/α-hetero) is 1. The lowest BCUT2D eigenvalue weighted by Crippen LogP contribution is -2.24. The maximum atomic E-state index is 12.4. The molecular formula is C19H19NO8S. The molecule has 0 aliphatic rings. The van der Waals surface area contributed by atoms with Crippen LogP contribution < -0.4 is 4.74 Å². The summed E-state index contributed by atoms with van der Waals surface area (Å²) in [7, 11) is -3.86. The maximum Gasteiger partial charge on any atom is 0.339 e. The third-order valence-corrected chi connectivity index (χ3v) is 5.04. The molecule has 0 radical (unpaired) electrons. The van der Waals surface area contributed by atoms with E-state index in [2.05, 4.69) is 0 Å². The second-order valence-corrected chi connectivity index (χ2v) is 8.07. The smallest absolute Gasteiger partial charge is 0.339 e. The molecular weight excluding hydrogens is 402 g/mol. The van der Waals surface area contributed by atoms with Gasteiger partial charge in [0.1, 0.15) is 10.6 Å². The van der Waals surface area contributed by atoms with Crippen molar-refractivity contribution in [3.05, 3.63) is 63.7 Å². The van der Waals surface area contributed by atoms with Crippen LogP contribution in [-0.4, -0.2) is 44.1 Å². The van der Waals surface area contributed by atoms with E-state index in [9.17, 15) is 28.1 Å². The van der Waals surface area contributed by atoms with E-state index in [-0.39, 0.29) is 5.56 Å². The van der Waals surface area contributed by atoms with Crippen LogP contribution in [0.3, 0.4) is 0 Å². The van der Waals surface area contributed by atoms with Crippen LogP contribution in [-0.2, 0) is 14.6 Å². The Balaban J connectivity index is 2.19. The number of carbonyl (C=O) groups is 2. The molecule has 0 fully saturated rings. The molecule has 0 saturated heterocycles. The molecule has 2 aromatic carbocycles. The summed E-state index contributed by atoms with van der Waals surface area (Å²) in [6, 6.07) is 9.15. The van der Waals surface area contributed by atoms with Crippen molar-refractivity contribution in [2.24, 2.45) is 0 Å². The number of hydrogen-bond donors (Lipinski definition) is 0. The van der Waals surface area contributed by atoms with Crippen molar-refractivity contribution in [2.45, 2.75) is 24.8 Å². The molecule has 154 valence electrons. The highest BCUT2D eigenvalue weighted by atomic mass is 32.2. The van der Waals surface area contributed by atoms with Crippen LogP contribution in [0.5, 0.6) is 5.75 Å². The van der Waals surface area contributed by atoms with Crippen LogP contribution in [0.25, 0.3) is 0 Å². The molecule has 10 heteroatoms. The number of esters is 1. The van der Waals surface area contributed by atoms with E-state index in [0.29, 0.717) is 17.9 Å². The van der Waals surface area contributed by atoms with Crippen LogP contribution >= 0.6 is 0 Å². The van der Waals surface area contributed by atoms with E-state index >= 15 is 0 Å². The van der Waals surface area contributed by atoms with Crippen LogP contribution in [0.1, 0.15) is 34.6 Å². The molecule has 0 N–H and O–H groups in total. The maximum absolute atomic E-state index is 12.4. The number of ether oxygens (including phenoxy) is 2. The molecule has 0 aliphatic carbocycles. The molecule has 0 bridgehead atoms. The molecule has 0 spiro atoms. The van der Waals surface area contributed by atoms with Gasteiger partial charge in [0.25, 0.3) is 5.69 Å². The van der Waals surface area contributed by atoms with Crippen molar-refractivity contribution >= 4 is 27.3 Å². The monoisotopic (exact) mass is 421 g/mol. The zero-order chi connectivity index (χ0) is 21.8. The minimum atomic E-state index is -3.86. The number of sulfone groups is 1. The van der Waals surface area contributed by atoms with E-state index in [1.807, 2.05) is 6.92 Å². The van der Waals surface area contributed by atoms with E-state index < -0.39 is 43.2 Å². The minimum absolute atomic E-state index is 0.240. The van der Waals surface area contributed by atoms with E-state index in [4.69, 9.17) is 9.47 Å². The number of nitro benzene ring substituents is 1. The van der Waals surface area contributed by atoms with Crippen LogP contribution in [0.4, 0.5) is 5.69 Å². The first kappa shape index (κ1) is 22.0. The highest BCUT2D eigenvalue weighted by molar-refractivity contribution is 7.90. The molecule has 0 amide bonds. The normalized spacial score (nSPS) is 12.1. The second kappa shape index (κ2) is 8.82. The highest BCUT2D eigenvalue weighted by Crippen LogP contribution is 2.25. The first-order valence-corrected chi connectivity index (χ1v) is 10.4. The molecule has 0 aromatic heterocycles. The predicted octanol–water partition coefficient (Wildman–Crippen LogP) is 2.83. The third-order valence-electron chi connectivity index (χ3n) is 3.89. The highest BCUT2D eigenvalue weighted by Gasteiger charge is 2.26. The molecule has 0 saturated carbocycles. The zero-order valence-corrected chi connectivity index (χ0v) is 16.8. The number of benzene rings is 2. The summed E-state index contributed by atoms with van der Waals surface area (Å²) in [6.45, 7) is 3.68. The van der Waals surface area contributed by atoms with Gasteiger partial charge in [-0.25, -0.2) is 13.2 Å². The second-order valence-electron chi connectivity index (χ2n) is 6.08. The molecule has 2 rings (SSSR count). The fourth-order valence-electron chi connectivity index (χ4n) is 2.50. The summed E-state index contributed by atoms with van der Waals surface area (Å²) < 4.78 is 33.7. The van der Waals surface area contributed by atoms with Gasteiger partial charge in [0.15, 0.2) is 15.9 Å². The van der Waals surface area contributed by atoms with Gasteiger partial charge in [-0.3, -0.25) is 14.9 Å². The fraction of sp³-hybridized carbons (Fsp3) is 0.263. The lowest BCUT2D eigenvalue weighted by atomic mass is 10.1. The topological polar surface area (TPSA) is 130 Å². The molecule has 9 nitrogen and oxygen atoms in total. The molecule has 2 aromatic rings. The van der Waals surface area contributed by atoms with Gasteiger partial charge in [-0.05, 0) is 50.2 Å². The van der Waals surface area contributed by atoms with Gasteiger partial charge in [0.2, 0.25) is 5.78 Å². The van der Waals surface area contributed by atoms with Crippen molar-refractivity contribution in [1.82, 2.24) is 0 Å². The first-order valence-electron chi connectivity index (χ1n) is 8.51. The summed E-state index contributed by atoms with van der Waals surface area (Å²) in [5.41, 5.74) is -0.685. The Labute approximate surface area is 167 Å². The van der Waals surface area contributed by atoms with Gasteiger partial charge in [-0.2, -0.15) is 0 Å². The summed E-state index contributed by atoms with van der Waals surface area (Å²) in [4.78, 5) is 34.5. The SMILES string of the molecule is CCOc1ccc(C(=O)[C@@H](C)OC(=O)c2ccc(S(C)(=O)=O)c([N+](=O)[O-])c2)cc1. The Morgan fingerprint density at radius 3 is 2.21 bits per heavy atom. The van der Waals surface area contributed by atoms with E-state index in [0.717, 1.165) is 24.5 Å². The Morgan fingerprint density at radius 2 is 1.69 bits per heavy atom. The largest absolute Gasteiger partial charge is 0.494 e. The third kappa shape index (κ3) is 5.38. The van der Waals surface area contributed by atoms with Crippen molar-refractivity contribution in [2.75, 3.05) is 12.9 Å². The van der Waals surface area contributed by atoms with Crippen molar-refractivity contribution in [3.63, 3.8) is 0 Å². The quantitative estimate of drug-likeness (QED) is 0.275. The van der Waals surface area contributed by atoms with Crippen molar-refractivity contribution in [3.8, 4) is 5.75 Å². The molecule has 0 unspecified atom stereocenters. The van der Waals surface area contributed by atoms with Crippen molar-refractivity contribution < 1.29 is 32.4 Å². The zero-order valence-electron chi connectivity index (χ0n) is 15.9. The van der Waals surface area contributed by atoms with Crippen LogP contribution in [0.15, 0.2) is 47.4 Å². The van der Waals surface area contributed by atoms with Crippen LogP contribution in [0.2, 0.25) is 0 Å². The van der Waals surface area contributed by atoms with Crippen molar-refractivity contribution in [1.29, 1.82) is 0 Å². The molecule has 29 heavy (non-hydrogen) atoms. The Bertz CT molecular complexity index is 1040. The molecule has 1 atom stereocenters. The van der Waals surface area contributed by atoms with Gasteiger partial charge >= 0.3 is 5.97 Å². The first-order chi connectivity index (χ1) is 13.5. The van der Waals surface area contributed by atoms with Gasteiger partial charge in [0.05, 0.1) is 17.1 Å². The Hall–Kier alpha value is -3.27. The number of nitrogens with zero attached hydrogens (tertiary/aromatic N) is 1. The summed E-state index contributed by atoms with van der Waals surface area (Å²) in [5.74, 6) is -0.865. The van der Waals surface area contributed by atoms with Gasteiger partial charge < -0.3 is 9.47 Å². The van der Waals surface area contributed by atoms with Crippen LogP contribution in [0, 0.1) is 10.1 Å². The number of carbonyl (C=O) groups excluding carboxylic acids is 2. The minimum Gasteiger partial charge on any atom is -0.494 e. The summed E-state index contributed by atoms with van der Waals surface area (Å²) in [5, 5.41) is 11.2. The van der Waals surface area contributed by atoms with Gasteiger partial charge in [-0.1, -0.05) is 0 Å². The number of nitro groups is 1. The predicted molar refractivity (Wildman–Crippen MR) is 103 cm³/mol. The Morgan fingerprint density at radius 1 is 1.10 bits per heavy atom. The lowest BCUT2D eigenvalue weighted by molar-refractivity contribution is -0.387. The summed E-state index contributed by atoms with van der Waals surface area (Å²) in [6.07, 6.45) is -0.334. The lowest BCUT2D eigenvalue weighted by Gasteiger charge is -2.13.